The second-order valence-electron chi connectivity index (χ2n) is 9.70. The molecule has 0 N–H and O–H groups in total. The average molecular weight is 413 g/mol. The zero-order valence-corrected chi connectivity index (χ0v) is 16.7. The van der Waals surface area contributed by atoms with Crippen molar-refractivity contribution in [1.29, 1.82) is 0 Å². The minimum atomic E-state index is 0.745. The van der Waals surface area contributed by atoms with Crippen molar-refractivity contribution in [1.82, 2.24) is 0 Å². The van der Waals surface area contributed by atoms with Crippen LogP contribution in [0.1, 0.15) is 58.8 Å². The summed E-state index contributed by atoms with van der Waals surface area (Å²) >= 11 is 4.12. The van der Waals surface area contributed by atoms with Crippen LogP contribution in [-0.2, 0) is 0 Å². The second-order valence-corrected chi connectivity index (χ2v) is 10.6. The Morgan fingerprint density at radius 1 is 0.630 bits per heavy atom. The van der Waals surface area contributed by atoms with Crippen molar-refractivity contribution < 1.29 is 0 Å². The van der Waals surface area contributed by atoms with Crippen LogP contribution in [0.25, 0.3) is 0 Å². The van der Waals surface area contributed by atoms with E-state index in [1.54, 1.807) is 37.9 Å². The Morgan fingerprint density at radius 2 is 1.19 bits per heavy atom. The van der Waals surface area contributed by atoms with Gasteiger partial charge >= 0.3 is 0 Å². The second kappa shape index (κ2) is 4.51. The van der Waals surface area contributed by atoms with Gasteiger partial charge in [-0.2, -0.15) is 0 Å². The van der Waals surface area contributed by atoms with E-state index in [1.807, 2.05) is 0 Å². The summed E-state index contributed by atoms with van der Waals surface area (Å²) in [6.45, 7) is 0. The normalized spacial score (nSPS) is 43.5. The van der Waals surface area contributed by atoms with Gasteiger partial charge in [0.1, 0.15) is 0 Å². The summed E-state index contributed by atoms with van der Waals surface area (Å²) in [7, 11) is 0. The molecule has 27 heavy (non-hydrogen) atoms. The van der Waals surface area contributed by atoms with Gasteiger partial charge in [0.15, 0.2) is 0 Å². The van der Waals surface area contributed by atoms with Gasteiger partial charge in [0.05, 0.1) is 0 Å². The van der Waals surface area contributed by atoms with Gasteiger partial charge in [-0.3, -0.25) is 0 Å². The Balaban J connectivity index is 1.22. The van der Waals surface area contributed by atoms with Crippen molar-refractivity contribution >= 4 is 15.9 Å². The number of halogens is 1. The molecule has 1 heteroatoms. The predicted molar refractivity (Wildman–Crippen MR) is 111 cm³/mol. The van der Waals surface area contributed by atoms with Crippen LogP contribution in [0.15, 0.2) is 70.2 Å². The quantitative estimate of drug-likeness (QED) is 0.493. The summed E-state index contributed by atoms with van der Waals surface area (Å²) in [6, 6.07) is 18.5. The summed E-state index contributed by atoms with van der Waals surface area (Å²) in [5, 5.41) is 0. The van der Waals surface area contributed by atoms with Gasteiger partial charge in [-0.15, -0.1) is 0 Å². The molecule has 0 saturated heterocycles. The number of rotatable bonds is 1. The average Bonchev–Trinajstić information content (AvgIpc) is 3.37. The zero-order valence-electron chi connectivity index (χ0n) is 15.1. The first kappa shape index (κ1) is 14.4. The molecule has 6 aliphatic carbocycles. The molecule has 6 aliphatic rings. The fourth-order valence-electron chi connectivity index (χ4n) is 8.29. The van der Waals surface area contributed by atoms with E-state index < -0.39 is 0 Å². The topological polar surface area (TPSA) is 0 Å². The lowest BCUT2D eigenvalue weighted by atomic mass is 9.58. The van der Waals surface area contributed by atoms with Crippen LogP contribution in [0, 0.1) is 23.7 Å². The fraction of sp³-hybridized carbons (Fsp3) is 0.385. The molecule has 0 nitrogen and oxygen atoms in total. The third kappa shape index (κ3) is 1.43. The van der Waals surface area contributed by atoms with Gasteiger partial charge in [0, 0.05) is 4.48 Å². The van der Waals surface area contributed by atoms with Crippen molar-refractivity contribution in [2.75, 3.05) is 0 Å². The minimum Gasteiger partial charge on any atom is -0.0769 e. The summed E-state index contributed by atoms with van der Waals surface area (Å²) in [5.74, 6) is 6.31. The number of hydrogen-bond donors (Lipinski definition) is 0. The first-order chi connectivity index (χ1) is 13.3. The molecular weight excluding hydrogens is 392 g/mol. The SMILES string of the molecule is BrC1=C(C2=C[C@@H]3C[C@H]2[C@@H]2c4ccccc4[C@@H]23)[C@@H]2C[C@H]1[C@@H]1c3ccccc3[C@@H]12. The smallest absolute Gasteiger partial charge is 0.00259 e. The maximum absolute atomic E-state index is 4.12. The highest BCUT2D eigenvalue weighted by atomic mass is 79.9. The molecule has 2 fully saturated rings. The molecule has 0 heterocycles. The van der Waals surface area contributed by atoms with E-state index in [0.717, 1.165) is 47.3 Å². The Labute approximate surface area is 168 Å². The maximum Gasteiger partial charge on any atom is 0.00259 e. The van der Waals surface area contributed by atoms with Crippen molar-refractivity contribution in [3.8, 4) is 0 Å². The van der Waals surface area contributed by atoms with Crippen molar-refractivity contribution in [2.24, 2.45) is 23.7 Å². The summed E-state index contributed by atoms with van der Waals surface area (Å²) in [4.78, 5) is 0. The summed E-state index contributed by atoms with van der Waals surface area (Å²) in [5.41, 5.74) is 10.1. The van der Waals surface area contributed by atoms with Gasteiger partial charge < -0.3 is 0 Å². The van der Waals surface area contributed by atoms with E-state index in [2.05, 4.69) is 70.5 Å². The molecule has 8 atom stereocenters. The summed E-state index contributed by atoms with van der Waals surface area (Å²) in [6.07, 6.45) is 5.48. The Hall–Kier alpha value is -1.60. The maximum atomic E-state index is 4.12. The van der Waals surface area contributed by atoms with Crippen LogP contribution in [-0.4, -0.2) is 0 Å². The standard InChI is InChI=1S/C26H21Br/c27-26-20-11-19(23-15-7-3-4-8-16(15)24(20)23)25(26)18-10-12-9-17(18)22-14-6-2-1-5-13(14)21(12)22/h1-8,10,12,17,19-24H,9,11H2/t12-,17+,19+,20-,21-,22-,23+,24-/m0/s1. The molecule has 0 spiro atoms. The van der Waals surface area contributed by atoms with Crippen LogP contribution >= 0.6 is 15.9 Å². The van der Waals surface area contributed by atoms with Crippen LogP contribution in [0.2, 0.25) is 0 Å². The first-order valence-corrected chi connectivity index (χ1v) is 11.4. The van der Waals surface area contributed by atoms with Crippen LogP contribution in [0.4, 0.5) is 0 Å². The third-order valence-corrected chi connectivity index (χ3v) is 10.1. The number of hydrogen-bond acceptors (Lipinski definition) is 0. The van der Waals surface area contributed by atoms with Crippen LogP contribution < -0.4 is 0 Å². The first-order valence-electron chi connectivity index (χ1n) is 10.6. The molecule has 0 amide bonds. The van der Waals surface area contributed by atoms with Crippen molar-refractivity contribution in [2.45, 2.75) is 36.5 Å². The van der Waals surface area contributed by atoms with Crippen molar-refractivity contribution in [3.05, 3.63) is 92.5 Å². The third-order valence-electron chi connectivity index (χ3n) is 9.06. The Morgan fingerprint density at radius 3 is 1.85 bits per heavy atom. The largest absolute Gasteiger partial charge is 0.0769 e. The van der Waals surface area contributed by atoms with Gasteiger partial charge in [0.25, 0.3) is 0 Å². The van der Waals surface area contributed by atoms with E-state index >= 15 is 0 Å². The van der Waals surface area contributed by atoms with E-state index in [4.69, 9.17) is 0 Å². The molecular formula is C26H21Br. The highest BCUT2D eigenvalue weighted by molar-refractivity contribution is 9.11. The molecule has 8 rings (SSSR count). The van der Waals surface area contributed by atoms with Gasteiger partial charge in [-0.25, -0.2) is 0 Å². The number of fused-ring (bicyclic) bond motifs is 16. The zero-order chi connectivity index (χ0) is 17.4. The molecule has 132 valence electrons. The van der Waals surface area contributed by atoms with Gasteiger partial charge in [-0.1, -0.05) is 70.5 Å². The highest BCUT2D eigenvalue weighted by Gasteiger charge is 2.62. The van der Waals surface area contributed by atoms with Gasteiger partial charge in [-0.05, 0) is 93.6 Å². The van der Waals surface area contributed by atoms with E-state index in [0.29, 0.717) is 0 Å². The van der Waals surface area contributed by atoms with E-state index in [9.17, 15) is 0 Å². The predicted octanol–water partition coefficient (Wildman–Crippen LogP) is 6.62. The highest BCUT2D eigenvalue weighted by Crippen LogP contribution is 2.74. The van der Waals surface area contributed by atoms with Gasteiger partial charge in [0.2, 0.25) is 0 Å². The Bertz CT molecular complexity index is 1100. The molecule has 0 aromatic heterocycles. The molecule has 2 aromatic rings. The van der Waals surface area contributed by atoms with E-state index in [1.165, 1.54) is 12.8 Å². The van der Waals surface area contributed by atoms with Crippen molar-refractivity contribution in [3.63, 3.8) is 0 Å². The Kier molecular flexibility index (Phi) is 2.41. The molecule has 4 bridgehead atoms. The monoisotopic (exact) mass is 412 g/mol. The molecule has 0 radical (unpaired) electrons. The minimum absolute atomic E-state index is 0.745. The van der Waals surface area contributed by atoms with Crippen LogP contribution in [0.3, 0.4) is 0 Å². The molecule has 0 unspecified atom stereocenters. The number of allylic oxidation sites excluding steroid dienone is 4. The lowest BCUT2D eigenvalue weighted by Crippen LogP contribution is -2.33. The summed E-state index contributed by atoms with van der Waals surface area (Å²) < 4.78 is 1.58. The van der Waals surface area contributed by atoms with Crippen LogP contribution in [0.5, 0.6) is 0 Å². The lowest BCUT2D eigenvalue weighted by Gasteiger charge is -2.46. The molecule has 2 aromatic carbocycles. The lowest BCUT2D eigenvalue weighted by molar-refractivity contribution is 0.406. The molecule has 0 aliphatic heterocycles. The van der Waals surface area contributed by atoms with E-state index in [-0.39, 0.29) is 0 Å². The fourth-order valence-corrected chi connectivity index (χ4v) is 9.29. The number of benzene rings is 2. The molecule has 2 saturated carbocycles.